The summed E-state index contributed by atoms with van der Waals surface area (Å²) < 4.78 is 10.6. The molecule has 0 amide bonds. The van der Waals surface area contributed by atoms with Crippen LogP contribution in [0.1, 0.15) is 30.0 Å². The van der Waals surface area contributed by atoms with Crippen LogP contribution in [-0.2, 0) is 6.61 Å². The van der Waals surface area contributed by atoms with Crippen LogP contribution in [0, 0.1) is 6.92 Å². The maximum absolute atomic E-state index is 9.66. The highest BCUT2D eigenvalue weighted by Gasteiger charge is 2.11. The molecule has 0 bridgehead atoms. The zero-order valence-electron chi connectivity index (χ0n) is 10.2. The minimum absolute atomic E-state index is 0.290. The highest BCUT2D eigenvalue weighted by molar-refractivity contribution is 6.30. The van der Waals surface area contributed by atoms with E-state index in [1.54, 1.807) is 31.2 Å². The Morgan fingerprint density at radius 3 is 2.83 bits per heavy atom. The first-order chi connectivity index (χ1) is 8.56. The summed E-state index contributed by atoms with van der Waals surface area (Å²) in [6, 6.07) is 6.95. The maximum Gasteiger partial charge on any atom is 0.134 e. The number of ether oxygens (including phenoxy) is 1. The van der Waals surface area contributed by atoms with Gasteiger partial charge in [0, 0.05) is 16.7 Å². The van der Waals surface area contributed by atoms with Crippen LogP contribution in [0.4, 0.5) is 0 Å². The van der Waals surface area contributed by atoms with Crippen molar-refractivity contribution < 1.29 is 14.4 Å². The first kappa shape index (κ1) is 12.9. The molecule has 0 radical (unpaired) electrons. The Labute approximate surface area is 110 Å². The third-order valence-electron chi connectivity index (χ3n) is 2.47. The lowest BCUT2D eigenvalue weighted by atomic mass is 10.1. The third kappa shape index (κ3) is 3.03. The Bertz CT molecular complexity index is 537. The van der Waals surface area contributed by atoms with Gasteiger partial charge in [-0.3, -0.25) is 0 Å². The molecule has 18 heavy (non-hydrogen) atoms. The Morgan fingerprint density at radius 1 is 1.44 bits per heavy atom. The number of rotatable bonds is 4. The standard InChI is InChI=1S/C13H14ClNO3/c1-8-5-11(15-18-8)7-17-13-4-3-10(14)6-12(13)9(2)16/h3-6,9,16H,7H2,1-2H3/t9-/m0/s1. The van der Waals surface area contributed by atoms with Crippen molar-refractivity contribution in [2.24, 2.45) is 0 Å². The minimum atomic E-state index is -0.641. The molecular formula is C13H14ClNO3. The molecule has 0 saturated heterocycles. The molecule has 5 heteroatoms. The summed E-state index contributed by atoms with van der Waals surface area (Å²) in [4.78, 5) is 0. The van der Waals surface area contributed by atoms with E-state index in [4.69, 9.17) is 20.9 Å². The minimum Gasteiger partial charge on any atom is -0.487 e. The van der Waals surface area contributed by atoms with Gasteiger partial charge >= 0.3 is 0 Å². The van der Waals surface area contributed by atoms with Crippen molar-refractivity contribution >= 4 is 11.6 Å². The van der Waals surface area contributed by atoms with E-state index in [1.807, 2.05) is 6.92 Å². The van der Waals surface area contributed by atoms with Gasteiger partial charge in [0.2, 0.25) is 0 Å². The third-order valence-corrected chi connectivity index (χ3v) is 2.71. The zero-order valence-corrected chi connectivity index (χ0v) is 10.9. The van der Waals surface area contributed by atoms with Crippen molar-refractivity contribution in [3.8, 4) is 5.75 Å². The van der Waals surface area contributed by atoms with Gasteiger partial charge in [0.05, 0.1) is 6.10 Å². The molecular weight excluding hydrogens is 254 g/mol. The van der Waals surface area contributed by atoms with Crippen LogP contribution in [0.15, 0.2) is 28.8 Å². The number of aryl methyl sites for hydroxylation is 1. The number of nitrogens with zero attached hydrogens (tertiary/aromatic N) is 1. The second-order valence-corrected chi connectivity index (χ2v) is 4.51. The fourth-order valence-electron chi connectivity index (χ4n) is 1.61. The number of hydrogen-bond acceptors (Lipinski definition) is 4. The Kier molecular flexibility index (Phi) is 3.89. The SMILES string of the molecule is Cc1cc(COc2ccc(Cl)cc2[C@H](C)O)no1. The number of aliphatic hydroxyl groups excluding tert-OH is 1. The smallest absolute Gasteiger partial charge is 0.134 e. The van der Waals surface area contributed by atoms with Crippen LogP contribution >= 0.6 is 11.6 Å². The molecule has 0 aliphatic rings. The van der Waals surface area contributed by atoms with E-state index in [0.717, 1.165) is 5.76 Å². The summed E-state index contributed by atoms with van der Waals surface area (Å²) in [5, 5.41) is 14.1. The molecule has 0 spiro atoms. The van der Waals surface area contributed by atoms with E-state index in [-0.39, 0.29) is 0 Å². The lowest BCUT2D eigenvalue weighted by Gasteiger charge is -2.12. The van der Waals surface area contributed by atoms with Crippen molar-refractivity contribution in [1.29, 1.82) is 0 Å². The Morgan fingerprint density at radius 2 is 2.22 bits per heavy atom. The molecule has 1 aromatic carbocycles. The zero-order chi connectivity index (χ0) is 13.1. The lowest BCUT2D eigenvalue weighted by molar-refractivity contribution is 0.189. The molecule has 2 rings (SSSR count). The second-order valence-electron chi connectivity index (χ2n) is 4.08. The summed E-state index contributed by atoms with van der Waals surface area (Å²) in [7, 11) is 0. The van der Waals surface area contributed by atoms with Gasteiger partial charge in [-0.1, -0.05) is 16.8 Å². The van der Waals surface area contributed by atoms with Crippen LogP contribution in [0.5, 0.6) is 5.75 Å². The molecule has 1 heterocycles. The van der Waals surface area contributed by atoms with Crippen LogP contribution in [0.2, 0.25) is 5.02 Å². The number of aliphatic hydroxyl groups is 1. The Hall–Kier alpha value is -1.52. The number of halogens is 1. The molecule has 4 nitrogen and oxygen atoms in total. The average Bonchev–Trinajstić information content (AvgIpc) is 2.73. The maximum atomic E-state index is 9.66. The van der Waals surface area contributed by atoms with Crippen molar-refractivity contribution in [1.82, 2.24) is 5.16 Å². The first-order valence-electron chi connectivity index (χ1n) is 5.59. The monoisotopic (exact) mass is 267 g/mol. The van der Waals surface area contributed by atoms with Crippen molar-refractivity contribution in [2.45, 2.75) is 26.6 Å². The molecule has 0 fully saturated rings. The van der Waals surface area contributed by atoms with Gasteiger partial charge < -0.3 is 14.4 Å². The van der Waals surface area contributed by atoms with Gasteiger partial charge in [0.15, 0.2) is 0 Å². The van der Waals surface area contributed by atoms with E-state index >= 15 is 0 Å². The fourth-order valence-corrected chi connectivity index (χ4v) is 1.80. The summed E-state index contributed by atoms with van der Waals surface area (Å²) in [5.41, 5.74) is 1.36. The van der Waals surface area contributed by atoms with Gasteiger partial charge in [0.1, 0.15) is 23.8 Å². The van der Waals surface area contributed by atoms with E-state index in [1.165, 1.54) is 0 Å². The fraction of sp³-hybridized carbons (Fsp3) is 0.308. The van der Waals surface area contributed by atoms with Gasteiger partial charge in [-0.2, -0.15) is 0 Å². The molecule has 1 aromatic heterocycles. The number of benzene rings is 1. The quantitative estimate of drug-likeness (QED) is 0.924. The highest BCUT2D eigenvalue weighted by Crippen LogP contribution is 2.28. The summed E-state index contributed by atoms with van der Waals surface area (Å²) in [5.74, 6) is 1.33. The molecule has 2 aromatic rings. The second kappa shape index (κ2) is 5.42. The van der Waals surface area contributed by atoms with Gasteiger partial charge in [0.25, 0.3) is 0 Å². The largest absolute Gasteiger partial charge is 0.487 e. The van der Waals surface area contributed by atoms with Gasteiger partial charge in [-0.25, -0.2) is 0 Å². The lowest BCUT2D eigenvalue weighted by Crippen LogP contribution is -2.01. The van der Waals surface area contributed by atoms with Gasteiger partial charge in [-0.15, -0.1) is 0 Å². The molecule has 96 valence electrons. The summed E-state index contributed by atoms with van der Waals surface area (Å²) in [6.07, 6.45) is -0.641. The summed E-state index contributed by atoms with van der Waals surface area (Å²) in [6.45, 7) is 3.78. The number of hydrogen-bond donors (Lipinski definition) is 1. The van der Waals surface area contributed by atoms with Crippen LogP contribution in [-0.4, -0.2) is 10.3 Å². The van der Waals surface area contributed by atoms with Crippen LogP contribution in [0.3, 0.4) is 0 Å². The predicted molar refractivity (Wildman–Crippen MR) is 67.7 cm³/mol. The molecule has 0 aliphatic heterocycles. The van der Waals surface area contributed by atoms with E-state index in [0.29, 0.717) is 28.6 Å². The van der Waals surface area contributed by atoms with Crippen molar-refractivity contribution in [3.63, 3.8) is 0 Å². The van der Waals surface area contributed by atoms with E-state index < -0.39 is 6.10 Å². The van der Waals surface area contributed by atoms with Crippen molar-refractivity contribution in [2.75, 3.05) is 0 Å². The molecule has 0 aliphatic carbocycles. The molecule has 1 atom stereocenters. The molecule has 0 saturated carbocycles. The van der Waals surface area contributed by atoms with E-state index in [2.05, 4.69) is 5.16 Å². The summed E-state index contributed by atoms with van der Waals surface area (Å²) >= 11 is 5.89. The first-order valence-corrected chi connectivity index (χ1v) is 5.96. The van der Waals surface area contributed by atoms with Crippen LogP contribution < -0.4 is 4.74 Å². The van der Waals surface area contributed by atoms with Gasteiger partial charge in [-0.05, 0) is 32.0 Å². The predicted octanol–water partition coefficient (Wildman–Crippen LogP) is 3.27. The highest BCUT2D eigenvalue weighted by atomic mass is 35.5. The van der Waals surface area contributed by atoms with E-state index in [9.17, 15) is 5.11 Å². The number of aromatic nitrogens is 1. The normalized spacial score (nSPS) is 12.4. The van der Waals surface area contributed by atoms with Crippen molar-refractivity contribution in [3.05, 3.63) is 46.3 Å². The van der Waals surface area contributed by atoms with Crippen LogP contribution in [0.25, 0.3) is 0 Å². The molecule has 0 unspecified atom stereocenters. The average molecular weight is 268 g/mol. The molecule has 1 N–H and O–H groups in total. The topological polar surface area (TPSA) is 55.5 Å². The Balaban J connectivity index is 2.13.